The minimum absolute atomic E-state index is 0. The Balaban J connectivity index is -0.0000000800. The largest absolute Gasteiger partial charge is 2.00 e. The summed E-state index contributed by atoms with van der Waals surface area (Å²) in [4.78, 5) is 0. The van der Waals surface area contributed by atoms with Crippen molar-refractivity contribution in [1.82, 2.24) is 0 Å². The summed E-state index contributed by atoms with van der Waals surface area (Å²) in [6.45, 7) is 0. The molecule has 0 heterocycles. The van der Waals surface area contributed by atoms with E-state index in [1.165, 1.54) is 0 Å². The van der Waals surface area contributed by atoms with Crippen molar-refractivity contribution < 1.29 is 17.5 Å². The average Bonchev–Trinajstić information content (AvgIpc) is 0.722. The van der Waals surface area contributed by atoms with Crippen molar-refractivity contribution in [3.8, 4) is 0 Å². The van der Waals surface area contributed by atoms with Gasteiger partial charge in [-0.05, 0) is 0 Å². The molecule has 36 valence electrons. The third-order valence-corrected chi connectivity index (χ3v) is 0. The van der Waals surface area contributed by atoms with Crippen molar-refractivity contribution in [2.45, 2.75) is 0 Å². The van der Waals surface area contributed by atoms with E-state index in [4.69, 9.17) is 17.5 Å². The predicted molar refractivity (Wildman–Crippen MR) is 24.8 cm³/mol. The predicted octanol–water partition coefficient (Wildman–Crippen LogP) is -2.63. The Kier molecular flexibility index (Phi) is 12.5. The summed E-state index contributed by atoms with van der Waals surface area (Å²) in [5.41, 5.74) is 0. The van der Waals surface area contributed by atoms with Crippen LogP contribution in [0.15, 0.2) is 0 Å². The molecule has 0 atom stereocenters. The second-order valence-corrected chi connectivity index (χ2v) is 1.22. The summed E-state index contributed by atoms with van der Waals surface area (Å²) >= 11 is 0. The van der Waals surface area contributed by atoms with E-state index in [1.54, 1.807) is 0 Å². The van der Waals surface area contributed by atoms with Crippen LogP contribution in [0.1, 0.15) is 0 Å². The number of hydrogen-bond acceptors (Lipinski definition) is 4. The Morgan fingerprint density at radius 3 is 1.14 bits per heavy atom. The van der Waals surface area contributed by atoms with Gasteiger partial charge in [-0.2, -0.15) is 0 Å². The maximum Gasteiger partial charge on any atom is 2.00 e. The molecule has 7 heavy (non-hydrogen) atoms. The quantitative estimate of drug-likeness (QED) is 0.213. The van der Waals surface area contributed by atoms with Crippen LogP contribution >= 0.6 is 0 Å². The van der Waals surface area contributed by atoms with E-state index in [0.717, 1.165) is 0 Å². The molecule has 0 aliphatic carbocycles. The van der Waals surface area contributed by atoms with Gasteiger partial charge in [0.2, 0.25) is 0 Å². The molecule has 0 spiro atoms. The molecular weight excluding hydrogens is 145 g/mol. The first kappa shape index (κ1) is 15.8. The molecule has 0 saturated carbocycles. The van der Waals surface area contributed by atoms with Crippen LogP contribution in [0.3, 0.4) is 0 Å². The van der Waals surface area contributed by atoms with Gasteiger partial charge in [0.25, 0.3) is 0 Å². The molecule has 0 saturated heterocycles. The van der Waals surface area contributed by atoms with Gasteiger partial charge < -0.3 is 9.11 Å². The molecule has 0 N–H and O–H groups in total. The zero-order chi connectivity index (χ0) is 4.50. The van der Waals surface area contributed by atoms with Crippen molar-refractivity contribution in [3.05, 3.63) is 0 Å². The van der Waals surface area contributed by atoms with Gasteiger partial charge in [-0.3, -0.25) is 8.42 Å². The van der Waals surface area contributed by atoms with Crippen LogP contribution in [0.25, 0.3) is 0 Å². The van der Waals surface area contributed by atoms with Gasteiger partial charge in [0.1, 0.15) is 0 Å². The normalized spacial score (nSPS) is 8.29. The van der Waals surface area contributed by atoms with E-state index >= 15 is 0 Å². The van der Waals surface area contributed by atoms with Gasteiger partial charge in [0.15, 0.2) is 0 Å². The van der Waals surface area contributed by atoms with Crippen LogP contribution in [0.4, 0.5) is 0 Å². The van der Waals surface area contributed by atoms with Crippen molar-refractivity contribution >= 4 is 56.5 Å². The van der Waals surface area contributed by atoms with Crippen molar-refractivity contribution in [3.63, 3.8) is 0 Å². The van der Waals surface area contributed by atoms with Crippen LogP contribution in [0.5, 0.6) is 0 Å². The molecule has 0 aliphatic heterocycles. The van der Waals surface area contributed by atoms with Crippen LogP contribution < -0.4 is 0 Å². The Morgan fingerprint density at radius 2 is 1.14 bits per heavy atom. The average molecular weight is 147 g/mol. The van der Waals surface area contributed by atoms with Crippen molar-refractivity contribution in [1.29, 1.82) is 0 Å². The SMILES string of the molecule is O=S(=O)([O-])[O-].[Mg+2].[MgH2]. The Bertz CT molecular complexity index is 92.9. The van der Waals surface area contributed by atoms with E-state index in [1.807, 2.05) is 0 Å². The Hall–Kier alpha value is 1.40. The zero-order valence-electron chi connectivity index (χ0n) is 2.75. The number of hydrogen-bond donors (Lipinski definition) is 0. The third-order valence-electron chi connectivity index (χ3n) is 0. The summed E-state index contributed by atoms with van der Waals surface area (Å²) in [7, 11) is -5.17. The minimum Gasteiger partial charge on any atom is -0.759 e. The fourth-order valence-electron chi connectivity index (χ4n) is 0. The fraction of sp³-hybridized carbons (Fsp3) is 0. The first-order valence-corrected chi connectivity index (χ1v) is 2.00. The molecular formula is H2Mg2O4S. The molecule has 4 nitrogen and oxygen atoms in total. The van der Waals surface area contributed by atoms with Gasteiger partial charge in [-0.25, -0.2) is 0 Å². The fourth-order valence-corrected chi connectivity index (χ4v) is 0. The summed E-state index contributed by atoms with van der Waals surface area (Å²) in [5, 5.41) is 0. The standard InChI is InChI=1S/2Mg.H2O4S.2H/c;;1-5(2,3)4;;/h;;(H2,1,2,3,4);;/q;+2;;;/p-2. The molecule has 0 aromatic carbocycles. The summed E-state index contributed by atoms with van der Waals surface area (Å²) in [6.07, 6.45) is 0. The summed E-state index contributed by atoms with van der Waals surface area (Å²) < 4.78 is 34.1. The first-order chi connectivity index (χ1) is 2.00. The third kappa shape index (κ3) is 110. The number of rotatable bonds is 0. The van der Waals surface area contributed by atoms with Crippen LogP contribution in [0, 0.1) is 0 Å². The molecule has 7 heteroatoms. The molecule has 0 unspecified atom stereocenters. The van der Waals surface area contributed by atoms with Crippen LogP contribution in [-0.4, -0.2) is 63.6 Å². The van der Waals surface area contributed by atoms with Crippen LogP contribution in [0.2, 0.25) is 0 Å². The van der Waals surface area contributed by atoms with Crippen molar-refractivity contribution in [2.24, 2.45) is 0 Å². The Morgan fingerprint density at radius 1 is 1.14 bits per heavy atom. The van der Waals surface area contributed by atoms with E-state index in [2.05, 4.69) is 0 Å². The molecule has 0 rings (SSSR count). The minimum atomic E-state index is -5.17. The first-order valence-electron chi connectivity index (χ1n) is 0.667. The van der Waals surface area contributed by atoms with Gasteiger partial charge in [-0.1, -0.05) is 0 Å². The zero-order valence-corrected chi connectivity index (χ0v) is 4.98. The van der Waals surface area contributed by atoms with Gasteiger partial charge in [0, 0.05) is 10.4 Å². The monoisotopic (exact) mass is 146 g/mol. The summed E-state index contributed by atoms with van der Waals surface area (Å²) in [5.74, 6) is 0. The summed E-state index contributed by atoms with van der Waals surface area (Å²) in [6, 6.07) is 0. The molecule has 0 amide bonds. The molecule has 0 aliphatic rings. The van der Waals surface area contributed by atoms with Gasteiger partial charge in [0.05, 0.1) is 0 Å². The topological polar surface area (TPSA) is 80.3 Å². The molecule has 0 radical (unpaired) electrons. The second-order valence-electron chi connectivity index (χ2n) is 0.408. The maximum atomic E-state index is 8.52. The van der Waals surface area contributed by atoms with E-state index < -0.39 is 10.4 Å². The smallest absolute Gasteiger partial charge is 0.759 e. The molecule has 0 aromatic rings. The van der Waals surface area contributed by atoms with E-state index in [9.17, 15) is 0 Å². The van der Waals surface area contributed by atoms with Crippen LogP contribution in [-0.2, 0) is 10.4 Å². The maximum absolute atomic E-state index is 8.52. The Labute approximate surface area is 73.5 Å². The molecule has 0 aromatic heterocycles. The van der Waals surface area contributed by atoms with Crippen molar-refractivity contribution in [2.75, 3.05) is 0 Å². The van der Waals surface area contributed by atoms with Gasteiger partial charge >= 0.3 is 46.1 Å². The van der Waals surface area contributed by atoms with Gasteiger partial charge in [-0.15, -0.1) is 0 Å². The van der Waals surface area contributed by atoms with E-state index in [-0.39, 0.29) is 46.1 Å². The molecule has 0 bridgehead atoms. The second kappa shape index (κ2) is 5.54. The van der Waals surface area contributed by atoms with E-state index in [0.29, 0.717) is 0 Å². The molecule has 0 fully saturated rings.